The van der Waals surface area contributed by atoms with Crippen LogP contribution in [0.4, 0.5) is 0 Å². The third kappa shape index (κ3) is 1.27. The molecule has 0 fully saturated rings. The molecule has 2 atom stereocenters. The monoisotopic (exact) mass is 191 g/mol. The third-order valence-corrected chi connectivity index (χ3v) is 3.32. The van der Waals surface area contributed by atoms with Gasteiger partial charge in [0.15, 0.2) is 0 Å². The van der Waals surface area contributed by atoms with Crippen LogP contribution in [0.15, 0.2) is 23.1 Å². The van der Waals surface area contributed by atoms with Gasteiger partial charge in [-0.2, -0.15) is 5.26 Å². The summed E-state index contributed by atoms with van der Waals surface area (Å²) in [5, 5.41) is 8.70. The Morgan fingerprint density at radius 1 is 1.62 bits per heavy atom. The van der Waals surface area contributed by atoms with Crippen LogP contribution in [0.1, 0.15) is 17.0 Å². The largest absolute Gasteiger partial charge is 0.255 e. The van der Waals surface area contributed by atoms with Gasteiger partial charge in [-0.15, -0.1) is 0 Å². The van der Waals surface area contributed by atoms with Crippen LogP contribution < -0.4 is 0 Å². The summed E-state index contributed by atoms with van der Waals surface area (Å²) in [6, 6.07) is 7.94. The van der Waals surface area contributed by atoms with E-state index in [1.54, 1.807) is 6.26 Å². The summed E-state index contributed by atoms with van der Waals surface area (Å²) in [6.45, 7) is 0. The average molecular weight is 191 g/mol. The highest BCUT2D eigenvalue weighted by Crippen LogP contribution is 2.35. The second-order valence-corrected chi connectivity index (χ2v) is 4.58. The molecule has 0 radical (unpaired) electrons. The zero-order chi connectivity index (χ0) is 9.42. The van der Waals surface area contributed by atoms with Crippen molar-refractivity contribution in [3.05, 3.63) is 29.3 Å². The summed E-state index contributed by atoms with van der Waals surface area (Å²) in [5.74, 6) is 0.0642. The van der Waals surface area contributed by atoms with E-state index in [1.165, 1.54) is 5.56 Å². The van der Waals surface area contributed by atoms with E-state index in [0.29, 0.717) is 0 Å². The molecule has 1 aromatic rings. The summed E-state index contributed by atoms with van der Waals surface area (Å²) in [6.07, 6.45) is 2.49. The zero-order valence-electron chi connectivity index (χ0n) is 7.28. The van der Waals surface area contributed by atoms with Crippen LogP contribution in [0, 0.1) is 11.3 Å². The van der Waals surface area contributed by atoms with Crippen molar-refractivity contribution in [3.8, 4) is 6.07 Å². The molecule has 0 aliphatic heterocycles. The summed E-state index contributed by atoms with van der Waals surface area (Å²) < 4.78 is 11.1. The van der Waals surface area contributed by atoms with Crippen molar-refractivity contribution in [2.45, 2.75) is 17.2 Å². The molecule has 3 heteroatoms. The molecule has 2 rings (SSSR count). The van der Waals surface area contributed by atoms with Gasteiger partial charge in [0.05, 0.1) is 12.0 Å². The molecular weight excluding hydrogens is 182 g/mol. The van der Waals surface area contributed by atoms with E-state index in [0.717, 1.165) is 16.9 Å². The lowest BCUT2D eigenvalue weighted by atomic mass is 9.79. The van der Waals surface area contributed by atoms with E-state index < -0.39 is 10.8 Å². The number of hydrogen-bond acceptors (Lipinski definition) is 2. The van der Waals surface area contributed by atoms with Gasteiger partial charge >= 0.3 is 0 Å². The van der Waals surface area contributed by atoms with Crippen molar-refractivity contribution in [3.63, 3.8) is 0 Å². The molecule has 0 saturated heterocycles. The molecule has 1 aliphatic rings. The molecule has 13 heavy (non-hydrogen) atoms. The minimum atomic E-state index is -0.910. The Hall–Kier alpha value is -1.14. The maximum Gasteiger partial charge on any atom is 0.0755 e. The first kappa shape index (κ1) is 8.46. The average Bonchev–Trinajstić information content (AvgIpc) is 2.07. The van der Waals surface area contributed by atoms with Crippen LogP contribution in [0.2, 0.25) is 0 Å². The Kier molecular flexibility index (Phi) is 1.93. The first-order chi connectivity index (χ1) is 6.22. The van der Waals surface area contributed by atoms with E-state index in [1.807, 2.05) is 18.2 Å². The fraction of sp³-hybridized carbons (Fsp3) is 0.300. The molecule has 0 N–H and O–H groups in total. The van der Waals surface area contributed by atoms with Crippen LogP contribution in [-0.2, 0) is 17.2 Å². The second-order valence-electron chi connectivity index (χ2n) is 3.20. The maximum absolute atomic E-state index is 11.1. The van der Waals surface area contributed by atoms with Gasteiger partial charge in [0.1, 0.15) is 0 Å². The van der Waals surface area contributed by atoms with Crippen molar-refractivity contribution < 1.29 is 4.21 Å². The Labute approximate surface area is 79.7 Å². The van der Waals surface area contributed by atoms with Crippen molar-refractivity contribution in [2.24, 2.45) is 0 Å². The molecule has 2 unspecified atom stereocenters. The topological polar surface area (TPSA) is 40.9 Å². The van der Waals surface area contributed by atoms with Crippen LogP contribution in [0.3, 0.4) is 0 Å². The highest BCUT2D eigenvalue weighted by Gasteiger charge is 2.25. The van der Waals surface area contributed by atoms with Gasteiger partial charge < -0.3 is 0 Å². The molecule has 0 amide bonds. The first-order valence-electron chi connectivity index (χ1n) is 4.08. The molecule has 1 aromatic carbocycles. The summed E-state index contributed by atoms with van der Waals surface area (Å²) >= 11 is 0. The van der Waals surface area contributed by atoms with Crippen LogP contribution in [0.25, 0.3) is 0 Å². The summed E-state index contributed by atoms with van der Waals surface area (Å²) in [4.78, 5) is 0.857. The number of benzene rings is 1. The van der Waals surface area contributed by atoms with Crippen LogP contribution in [0.5, 0.6) is 0 Å². The fourth-order valence-corrected chi connectivity index (χ4v) is 2.16. The molecule has 0 heterocycles. The molecule has 2 nitrogen and oxygen atoms in total. The molecule has 0 saturated carbocycles. The predicted molar refractivity (Wildman–Crippen MR) is 50.8 cm³/mol. The number of rotatable bonds is 1. The van der Waals surface area contributed by atoms with Crippen molar-refractivity contribution >= 4 is 10.8 Å². The van der Waals surface area contributed by atoms with Crippen LogP contribution in [-0.4, -0.2) is 10.5 Å². The molecule has 66 valence electrons. The van der Waals surface area contributed by atoms with Gasteiger partial charge in [0.2, 0.25) is 0 Å². The summed E-state index contributed by atoms with van der Waals surface area (Å²) in [7, 11) is -0.910. The molecular formula is C10H9NOS. The summed E-state index contributed by atoms with van der Waals surface area (Å²) in [5.41, 5.74) is 2.29. The minimum absolute atomic E-state index is 0.0642. The van der Waals surface area contributed by atoms with Crippen molar-refractivity contribution in [1.82, 2.24) is 0 Å². The lowest BCUT2D eigenvalue weighted by Crippen LogP contribution is -2.15. The molecule has 0 bridgehead atoms. The third-order valence-electron chi connectivity index (χ3n) is 2.40. The van der Waals surface area contributed by atoms with Crippen LogP contribution >= 0.6 is 0 Å². The standard InChI is InChI=1S/C10H9NOS/c1-13(12)9-2-3-10-7(5-9)4-8(10)6-11/h2-3,5,8H,4H2,1H3. The Balaban J connectivity index is 2.39. The number of nitriles is 1. The smallest absolute Gasteiger partial charge is 0.0755 e. The van der Waals surface area contributed by atoms with E-state index in [4.69, 9.17) is 5.26 Å². The lowest BCUT2D eigenvalue weighted by Gasteiger charge is -2.24. The van der Waals surface area contributed by atoms with E-state index >= 15 is 0 Å². The number of hydrogen-bond donors (Lipinski definition) is 0. The van der Waals surface area contributed by atoms with E-state index in [-0.39, 0.29) is 5.92 Å². The predicted octanol–water partition coefficient (Wildman–Crippen LogP) is 1.59. The van der Waals surface area contributed by atoms with Gasteiger partial charge in [-0.05, 0) is 29.7 Å². The maximum atomic E-state index is 11.1. The van der Waals surface area contributed by atoms with Gasteiger partial charge in [-0.3, -0.25) is 4.21 Å². The van der Waals surface area contributed by atoms with Gasteiger partial charge in [0, 0.05) is 22.0 Å². The quantitative estimate of drug-likeness (QED) is 0.676. The Morgan fingerprint density at radius 2 is 2.38 bits per heavy atom. The Bertz CT molecular complexity index is 419. The minimum Gasteiger partial charge on any atom is -0.255 e. The number of nitrogens with zero attached hydrogens (tertiary/aromatic N) is 1. The zero-order valence-corrected chi connectivity index (χ0v) is 8.10. The van der Waals surface area contributed by atoms with Gasteiger partial charge in [-0.1, -0.05) is 6.07 Å². The molecule has 0 aromatic heterocycles. The first-order valence-corrected chi connectivity index (χ1v) is 5.64. The SMILES string of the molecule is CS(=O)c1ccc2c(c1)CC2C#N. The van der Waals surface area contributed by atoms with E-state index in [2.05, 4.69) is 6.07 Å². The van der Waals surface area contributed by atoms with Crippen molar-refractivity contribution in [2.75, 3.05) is 6.26 Å². The van der Waals surface area contributed by atoms with Gasteiger partial charge in [0.25, 0.3) is 0 Å². The Morgan fingerprint density at radius 3 is 2.92 bits per heavy atom. The molecule has 0 spiro atoms. The number of fused-ring (bicyclic) bond motifs is 1. The van der Waals surface area contributed by atoms with Crippen molar-refractivity contribution in [1.29, 1.82) is 5.26 Å². The highest BCUT2D eigenvalue weighted by atomic mass is 32.2. The van der Waals surface area contributed by atoms with Gasteiger partial charge in [-0.25, -0.2) is 0 Å². The normalized spacial score (nSPS) is 21.1. The fourth-order valence-electron chi connectivity index (χ4n) is 1.59. The highest BCUT2D eigenvalue weighted by molar-refractivity contribution is 7.84. The van der Waals surface area contributed by atoms with E-state index in [9.17, 15) is 4.21 Å². The molecule has 1 aliphatic carbocycles. The second kappa shape index (κ2) is 2.97. The lowest BCUT2D eigenvalue weighted by molar-refractivity contribution is 0.685.